The van der Waals surface area contributed by atoms with Crippen LogP contribution in [0.1, 0.15) is 40.9 Å². The van der Waals surface area contributed by atoms with Crippen LogP contribution < -0.4 is 15.5 Å². The van der Waals surface area contributed by atoms with Gasteiger partial charge in [-0.15, -0.1) is 0 Å². The van der Waals surface area contributed by atoms with Crippen LogP contribution in [-0.4, -0.2) is 51.7 Å². The van der Waals surface area contributed by atoms with Gasteiger partial charge in [-0.25, -0.2) is 9.78 Å². The van der Waals surface area contributed by atoms with Crippen LogP contribution in [0.25, 0.3) is 0 Å². The number of fused-ring (bicyclic) bond motifs is 1. The first-order valence-corrected chi connectivity index (χ1v) is 9.69. The highest BCUT2D eigenvalue weighted by atomic mass is 16.4. The summed E-state index contributed by atoms with van der Waals surface area (Å²) in [5.74, 6) is 0.667. The topological polar surface area (TPSA) is 111 Å². The molecule has 1 saturated heterocycles. The number of aryl methyl sites for hydroxylation is 1. The van der Waals surface area contributed by atoms with Crippen molar-refractivity contribution in [3.63, 3.8) is 0 Å². The highest BCUT2D eigenvalue weighted by Crippen LogP contribution is 2.30. The van der Waals surface area contributed by atoms with Crippen LogP contribution in [0, 0.1) is 6.92 Å². The molecule has 4 rings (SSSR count). The number of amides is 2. The Balaban J connectivity index is 1.74. The van der Waals surface area contributed by atoms with Gasteiger partial charge in [0.1, 0.15) is 17.5 Å². The van der Waals surface area contributed by atoms with Crippen LogP contribution in [-0.2, 0) is 6.54 Å². The number of benzene rings is 1. The maximum absolute atomic E-state index is 12.4. The second-order valence-corrected chi connectivity index (χ2v) is 7.43. The highest BCUT2D eigenvalue weighted by Gasteiger charge is 2.33. The molecule has 9 nitrogen and oxygen atoms in total. The van der Waals surface area contributed by atoms with E-state index < -0.39 is 6.09 Å². The summed E-state index contributed by atoms with van der Waals surface area (Å²) in [4.78, 5) is 36.4. The van der Waals surface area contributed by atoms with E-state index in [2.05, 4.69) is 20.6 Å². The second kappa shape index (κ2) is 7.57. The summed E-state index contributed by atoms with van der Waals surface area (Å²) in [5.41, 5.74) is 2.98. The number of piperidine rings is 1. The lowest BCUT2D eigenvalue weighted by atomic mass is 10.1. The van der Waals surface area contributed by atoms with Crippen molar-refractivity contribution in [2.24, 2.45) is 0 Å². The predicted molar refractivity (Wildman–Crippen MR) is 108 cm³/mol. The molecule has 0 saturated carbocycles. The van der Waals surface area contributed by atoms with Gasteiger partial charge in [0.25, 0.3) is 5.91 Å². The lowest BCUT2D eigenvalue weighted by Crippen LogP contribution is -2.52. The number of aromatic nitrogens is 2. The van der Waals surface area contributed by atoms with E-state index in [1.807, 2.05) is 36.1 Å². The lowest BCUT2D eigenvalue weighted by Gasteiger charge is -2.39. The molecule has 9 heteroatoms. The van der Waals surface area contributed by atoms with Gasteiger partial charge < -0.3 is 20.6 Å². The van der Waals surface area contributed by atoms with Crippen LogP contribution >= 0.6 is 0 Å². The van der Waals surface area contributed by atoms with E-state index in [9.17, 15) is 14.7 Å². The van der Waals surface area contributed by atoms with E-state index in [1.54, 1.807) is 7.05 Å². The van der Waals surface area contributed by atoms with Crippen molar-refractivity contribution < 1.29 is 14.7 Å². The van der Waals surface area contributed by atoms with E-state index in [-0.39, 0.29) is 12.1 Å². The average molecular weight is 396 g/mol. The van der Waals surface area contributed by atoms with Crippen molar-refractivity contribution in [1.29, 1.82) is 0 Å². The molecule has 1 fully saturated rings. The van der Waals surface area contributed by atoms with Crippen LogP contribution in [0.3, 0.4) is 0 Å². The zero-order chi connectivity index (χ0) is 20.5. The number of hydrogen-bond acceptors (Lipinski definition) is 6. The predicted octanol–water partition coefficient (Wildman–Crippen LogP) is 2.70. The van der Waals surface area contributed by atoms with E-state index >= 15 is 0 Å². The summed E-state index contributed by atoms with van der Waals surface area (Å²) in [6.07, 6.45) is 1.26. The summed E-state index contributed by atoms with van der Waals surface area (Å²) in [6, 6.07) is 7.81. The Hall–Kier alpha value is -3.36. The molecule has 1 aromatic heterocycles. The Kier molecular flexibility index (Phi) is 4.96. The number of carboxylic acid groups (broad SMARTS) is 1. The van der Waals surface area contributed by atoms with Gasteiger partial charge in [0.15, 0.2) is 0 Å². The van der Waals surface area contributed by atoms with Gasteiger partial charge in [0.05, 0.1) is 12.2 Å². The van der Waals surface area contributed by atoms with Gasteiger partial charge in [-0.2, -0.15) is 4.98 Å². The van der Waals surface area contributed by atoms with Crippen molar-refractivity contribution in [3.8, 4) is 0 Å². The molecular weight excluding hydrogens is 372 g/mol. The molecule has 1 aromatic carbocycles. The number of carbonyl (C=O) groups excluding carboxylic acids is 1. The third kappa shape index (κ3) is 3.67. The molecule has 2 aliphatic rings. The largest absolute Gasteiger partial charge is 0.465 e. The lowest BCUT2D eigenvalue weighted by molar-refractivity contribution is 0.0966. The van der Waals surface area contributed by atoms with Crippen LogP contribution in [0.5, 0.6) is 0 Å². The Bertz CT molecular complexity index is 963. The summed E-state index contributed by atoms with van der Waals surface area (Å²) < 4.78 is 0. The van der Waals surface area contributed by atoms with Crippen molar-refractivity contribution in [2.75, 3.05) is 23.8 Å². The molecule has 1 atom stereocenters. The van der Waals surface area contributed by atoms with Crippen molar-refractivity contribution in [3.05, 3.63) is 41.1 Å². The third-order valence-electron chi connectivity index (χ3n) is 5.37. The zero-order valence-electron chi connectivity index (χ0n) is 16.5. The molecule has 0 bridgehead atoms. The fraction of sp³-hybridized carbons (Fsp3) is 0.400. The van der Waals surface area contributed by atoms with Gasteiger partial charge >= 0.3 is 6.09 Å². The van der Waals surface area contributed by atoms with Crippen molar-refractivity contribution >= 4 is 29.5 Å². The van der Waals surface area contributed by atoms with Crippen LogP contribution in [0.4, 0.5) is 22.2 Å². The Morgan fingerprint density at radius 1 is 1.34 bits per heavy atom. The summed E-state index contributed by atoms with van der Waals surface area (Å²) in [7, 11) is 1.57. The average Bonchev–Trinajstić information content (AvgIpc) is 3.08. The smallest absolute Gasteiger partial charge is 0.408 e. The molecule has 3 heterocycles. The van der Waals surface area contributed by atoms with E-state index in [4.69, 9.17) is 0 Å². The van der Waals surface area contributed by atoms with Gasteiger partial charge in [-0.3, -0.25) is 9.69 Å². The summed E-state index contributed by atoms with van der Waals surface area (Å²) in [6.45, 7) is 2.99. The first-order valence-electron chi connectivity index (χ1n) is 9.69. The number of nitrogens with zero attached hydrogens (tertiary/aromatic N) is 4. The highest BCUT2D eigenvalue weighted by molar-refractivity contribution is 6.02. The third-order valence-corrected chi connectivity index (χ3v) is 5.37. The number of nitrogens with one attached hydrogen (secondary N) is 2. The fourth-order valence-electron chi connectivity index (χ4n) is 3.87. The van der Waals surface area contributed by atoms with Crippen LogP contribution in [0.2, 0.25) is 0 Å². The molecule has 29 heavy (non-hydrogen) atoms. The minimum Gasteiger partial charge on any atom is -0.465 e. The Morgan fingerprint density at radius 2 is 2.17 bits per heavy atom. The molecule has 0 aliphatic carbocycles. The summed E-state index contributed by atoms with van der Waals surface area (Å²) in [5, 5.41) is 15.5. The molecule has 2 aliphatic heterocycles. The second-order valence-electron chi connectivity index (χ2n) is 7.43. The minimum atomic E-state index is -0.988. The van der Waals surface area contributed by atoms with Crippen molar-refractivity contribution in [2.45, 2.75) is 38.9 Å². The normalized spacial score (nSPS) is 18.2. The number of hydrogen-bond donors (Lipinski definition) is 3. The molecule has 0 radical (unpaired) electrons. The first kappa shape index (κ1) is 19.0. The number of anilines is 3. The SMILES string of the molecule is Cc1cccc(Nc2nc(N3CCCCC3N(C)C(=O)O)nc3c2C(=O)NC3)c1. The molecule has 2 amide bonds. The minimum absolute atomic E-state index is 0.209. The summed E-state index contributed by atoms with van der Waals surface area (Å²) >= 11 is 0. The fourth-order valence-corrected chi connectivity index (χ4v) is 3.87. The number of carbonyl (C=O) groups is 2. The van der Waals surface area contributed by atoms with E-state index in [1.165, 1.54) is 4.90 Å². The quantitative estimate of drug-likeness (QED) is 0.729. The van der Waals surface area contributed by atoms with E-state index in [0.717, 1.165) is 24.1 Å². The van der Waals surface area contributed by atoms with Crippen LogP contribution in [0.15, 0.2) is 24.3 Å². The number of rotatable bonds is 4. The van der Waals surface area contributed by atoms with Gasteiger partial charge in [-0.1, -0.05) is 12.1 Å². The molecule has 1 unspecified atom stereocenters. The van der Waals surface area contributed by atoms with Gasteiger partial charge in [0.2, 0.25) is 5.95 Å². The Morgan fingerprint density at radius 3 is 2.93 bits per heavy atom. The molecule has 152 valence electrons. The molecule has 2 aromatic rings. The van der Waals surface area contributed by atoms with Gasteiger partial charge in [0, 0.05) is 19.3 Å². The monoisotopic (exact) mass is 396 g/mol. The first-order chi connectivity index (χ1) is 13.9. The van der Waals surface area contributed by atoms with Crippen molar-refractivity contribution in [1.82, 2.24) is 20.2 Å². The van der Waals surface area contributed by atoms with E-state index in [0.29, 0.717) is 42.5 Å². The zero-order valence-corrected chi connectivity index (χ0v) is 16.5. The molecule has 3 N–H and O–H groups in total. The maximum Gasteiger partial charge on any atom is 0.408 e. The van der Waals surface area contributed by atoms with Gasteiger partial charge in [-0.05, 0) is 43.9 Å². The maximum atomic E-state index is 12.4. The Labute approximate surface area is 168 Å². The molecular formula is C20H24N6O3. The molecule has 0 spiro atoms. The standard InChI is InChI=1S/C20H24N6O3/c1-12-6-5-7-13(10-12)22-17-16-14(11-21-18(16)27)23-19(24-17)26-9-4-3-8-15(26)25(2)20(28)29/h5-7,10,15H,3-4,8-9,11H2,1-2H3,(H,21,27)(H,28,29)(H,22,23,24).